The van der Waals surface area contributed by atoms with E-state index >= 15 is 0 Å². The van der Waals surface area contributed by atoms with Gasteiger partial charge in [0, 0.05) is 29.7 Å². The number of fused-ring (bicyclic) bond motifs is 1. The number of rotatable bonds is 6. The molecule has 164 valence electrons. The van der Waals surface area contributed by atoms with Crippen molar-refractivity contribution in [3.63, 3.8) is 0 Å². The van der Waals surface area contributed by atoms with Crippen LogP contribution in [0.3, 0.4) is 0 Å². The van der Waals surface area contributed by atoms with Crippen molar-refractivity contribution < 1.29 is 13.2 Å². The van der Waals surface area contributed by atoms with Gasteiger partial charge in [-0.25, -0.2) is 13.2 Å². The Morgan fingerprint density at radius 3 is 2.61 bits per heavy atom. The maximum atomic E-state index is 14.6. The highest BCUT2D eigenvalue weighted by Gasteiger charge is 2.21. The lowest BCUT2D eigenvalue weighted by molar-refractivity contribution is 0.146. The van der Waals surface area contributed by atoms with Crippen molar-refractivity contribution >= 4 is 22.3 Å². The fraction of sp³-hybridized carbons (Fsp3) is 0.391. The minimum absolute atomic E-state index is 0.186. The Kier molecular flexibility index (Phi) is 6.27. The molecular formula is C23H26F3N5. The number of anilines is 2. The van der Waals surface area contributed by atoms with E-state index in [1.54, 1.807) is 13.1 Å². The third kappa shape index (κ3) is 4.44. The van der Waals surface area contributed by atoms with Crippen LogP contribution in [0.4, 0.5) is 24.5 Å². The number of alkyl halides is 2. The number of nitrogens with zero attached hydrogens (tertiary/aromatic N) is 3. The minimum atomic E-state index is -2.86. The lowest BCUT2D eigenvalue weighted by Crippen LogP contribution is -2.41. The molecule has 0 unspecified atom stereocenters. The van der Waals surface area contributed by atoms with Gasteiger partial charge in [0.2, 0.25) is 0 Å². The van der Waals surface area contributed by atoms with Gasteiger partial charge in [0.15, 0.2) is 0 Å². The normalized spacial score (nSPS) is 15.9. The Balaban J connectivity index is 1.64. The maximum absolute atomic E-state index is 14.6. The summed E-state index contributed by atoms with van der Waals surface area (Å²) < 4.78 is 40.8. The van der Waals surface area contributed by atoms with Crippen LogP contribution in [0.5, 0.6) is 0 Å². The fourth-order valence-electron chi connectivity index (χ4n) is 4.17. The highest BCUT2D eigenvalue weighted by molar-refractivity contribution is 5.93. The first-order valence-corrected chi connectivity index (χ1v) is 10.5. The van der Waals surface area contributed by atoms with Gasteiger partial charge in [-0.05, 0) is 51.1 Å². The second-order valence-electron chi connectivity index (χ2n) is 7.97. The number of hydrogen-bond acceptors (Lipinski definition) is 5. The summed E-state index contributed by atoms with van der Waals surface area (Å²) in [6, 6.07) is 10.0. The molecule has 1 fully saturated rings. The Morgan fingerprint density at radius 1 is 1.13 bits per heavy atom. The molecule has 0 radical (unpaired) electrons. The number of hydrogen-bond donors (Lipinski definition) is 2. The van der Waals surface area contributed by atoms with Crippen LogP contribution in [0.2, 0.25) is 0 Å². The van der Waals surface area contributed by atoms with Crippen molar-refractivity contribution in [2.24, 2.45) is 0 Å². The van der Waals surface area contributed by atoms with Gasteiger partial charge in [-0.1, -0.05) is 18.2 Å². The second kappa shape index (κ2) is 9.09. The first kappa shape index (κ1) is 21.4. The topological polar surface area (TPSA) is 53.1 Å². The zero-order chi connectivity index (χ0) is 22.0. The van der Waals surface area contributed by atoms with E-state index in [4.69, 9.17) is 0 Å². The summed E-state index contributed by atoms with van der Waals surface area (Å²) in [7, 11) is 2.09. The zero-order valence-corrected chi connectivity index (χ0v) is 17.6. The number of nitrogens with one attached hydrogen (secondary N) is 2. The molecule has 0 spiro atoms. The van der Waals surface area contributed by atoms with E-state index in [0.29, 0.717) is 17.2 Å². The summed E-state index contributed by atoms with van der Waals surface area (Å²) in [4.78, 5) is 2.28. The maximum Gasteiger partial charge on any atom is 0.266 e. The first-order chi connectivity index (χ1) is 15.0. The molecule has 2 N–H and O–H groups in total. The fourth-order valence-corrected chi connectivity index (χ4v) is 4.17. The van der Waals surface area contributed by atoms with E-state index < -0.39 is 23.8 Å². The molecule has 3 aromatic rings. The molecule has 0 bridgehead atoms. The standard InChI is InChI=1S/C23H26F3N5/c1-14(17-4-3-5-18(22(17)24)23(25)26)29-21-13-28-30-20-7-6-16(12-19(20)21)31(2)15-8-10-27-11-9-15/h3-7,12-15,23,27H,8-11H2,1-2H3,(H,29,30)/t14-/m1/s1. The van der Waals surface area contributed by atoms with Crippen LogP contribution >= 0.6 is 0 Å². The smallest absolute Gasteiger partial charge is 0.266 e. The largest absolute Gasteiger partial charge is 0.377 e. The van der Waals surface area contributed by atoms with Crippen molar-refractivity contribution in [2.75, 3.05) is 30.4 Å². The van der Waals surface area contributed by atoms with Gasteiger partial charge < -0.3 is 15.5 Å². The Hall–Kier alpha value is -2.87. The molecule has 2 aromatic carbocycles. The molecule has 0 aliphatic carbocycles. The van der Waals surface area contributed by atoms with E-state index in [1.807, 2.05) is 18.2 Å². The lowest BCUT2D eigenvalue weighted by atomic mass is 10.0. The predicted octanol–water partition coefficient (Wildman–Crippen LogP) is 5.07. The van der Waals surface area contributed by atoms with E-state index in [2.05, 4.69) is 32.8 Å². The molecule has 1 aliphatic heterocycles. The number of benzene rings is 2. The Morgan fingerprint density at radius 2 is 1.87 bits per heavy atom. The van der Waals surface area contributed by atoms with Gasteiger partial charge in [0.25, 0.3) is 6.43 Å². The van der Waals surface area contributed by atoms with Gasteiger partial charge in [0.1, 0.15) is 5.82 Å². The van der Waals surface area contributed by atoms with Gasteiger partial charge in [-0.3, -0.25) is 0 Å². The molecule has 5 nitrogen and oxygen atoms in total. The highest BCUT2D eigenvalue weighted by Crippen LogP contribution is 2.32. The van der Waals surface area contributed by atoms with Gasteiger partial charge in [0.05, 0.1) is 29.0 Å². The SMILES string of the molecule is C[C@@H](Nc1cnnc2ccc(N(C)C3CCNCC3)cc12)c1cccc(C(F)F)c1F. The molecule has 8 heteroatoms. The Labute approximate surface area is 179 Å². The highest BCUT2D eigenvalue weighted by atomic mass is 19.3. The van der Waals surface area contributed by atoms with Gasteiger partial charge in [-0.15, -0.1) is 0 Å². The molecule has 1 aromatic heterocycles. The van der Waals surface area contributed by atoms with E-state index in [9.17, 15) is 13.2 Å². The van der Waals surface area contributed by atoms with Crippen molar-refractivity contribution in [3.05, 3.63) is 59.5 Å². The van der Waals surface area contributed by atoms with Crippen LogP contribution in [-0.2, 0) is 0 Å². The number of halogens is 3. The minimum Gasteiger partial charge on any atom is -0.377 e. The van der Waals surface area contributed by atoms with E-state index in [-0.39, 0.29) is 5.56 Å². The average molecular weight is 429 g/mol. The summed E-state index contributed by atoms with van der Waals surface area (Å²) in [6.45, 7) is 3.74. The molecule has 2 heterocycles. The van der Waals surface area contributed by atoms with Crippen LogP contribution in [0.1, 0.15) is 43.4 Å². The molecule has 1 saturated heterocycles. The van der Waals surface area contributed by atoms with Crippen LogP contribution in [0, 0.1) is 5.82 Å². The van der Waals surface area contributed by atoms with E-state index in [0.717, 1.165) is 43.1 Å². The molecular weight excluding hydrogens is 403 g/mol. The number of aromatic nitrogens is 2. The van der Waals surface area contributed by atoms with Gasteiger partial charge in [-0.2, -0.15) is 10.2 Å². The predicted molar refractivity (Wildman–Crippen MR) is 117 cm³/mol. The monoisotopic (exact) mass is 429 g/mol. The first-order valence-electron chi connectivity index (χ1n) is 10.5. The van der Waals surface area contributed by atoms with Crippen molar-refractivity contribution in [1.29, 1.82) is 0 Å². The summed E-state index contributed by atoms with van der Waals surface area (Å²) in [5.74, 6) is -0.879. The van der Waals surface area contributed by atoms with Crippen molar-refractivity contribution in [2.45, 2.75) is 38.3 Å². The van der Waals surface area contributed by atoms with Crippen molar-refractivity contribution in [3.8, 4) is 0 Å². The number of piperidine rings is 1. The molecule has 0 saturated carbocycles. The van der Waals surface area contributed by atoms with Gasteiger partial charge >= 0.3 is 0 Å². The van der Waals surface area contributed by atoms with Crippen LogP contribution in [0.25, 0.3) is 10.9 Å². The quantitative estimate of drug-likeness (QED) is 0.573. The third-order valence-electron chi connectivity index (χ3n) is 6.02. The van der Waals surface area contributed by atoms with Crippen LogP contribution < -0.4 is 15.5 Å². The molecule has 1 atom stereocenters. The lowest BCUT2D eigenvalue weighted by Gasteiger charge is -2.33. The third-order valence-corrected chi connectivity index (χ3v) is 6.02. The van der Waals surface area contributed by atoms with Crippen molar-refractivity contribution in [1.82, 2.24) is 15.5 Å². The van der Waals surface area contributed by atoms with Crippen LogP contribution in [-0.4, -0.2) is 36.4 Å². The summed E-state index contributed by atoms with van der Waals surface area (Å²) in [6.07, 6.45) is 0.876. The summed E-state index contributed by atoms with van der Waals surface area (Å²) in [5.41, 5.74) is 2.05. The zero-order valence-electron chi connectivity index (χ0n) is 17.6. The summed E-state index contributed by atoms with van der Waals surface area (Å²) in [5, 5.41) is 15.7. The molecule has 4 rings (SSSR count). The molecule has 0 amide bonds. The Bertz CT molecular complexity index is 1050. The average Bonchev–Trinajstić information content (AvgIpc) is 2.79. The second-order valence-corrected chi connectivity index (χ2v) is 7.97. The molecule has 1 aliphatic rings. The summed E-state index contributed by atoms with van der Waals surface area (Å²) >= 11 is 0. The van der Waals surface area contributed by atoms with E-state index in [1.165, 1.54) is 12.1 Å². The van der Waals surface area contributed by atoms with Crippen LogP contribution in [0.15, 0.2) is 42.6 Å². The molecule has 31 heavy (non-hydrogen) atoms.